The van der Waals surface area contributed by atoms with Crippen LogP contribution >= 0.6 is 0 Å². The molecule has 0 radical (unpaired) electrons. The molecule has 0 spiro atoms. The van der Waals surface area contributed by atoms with E-state index in [1.807, 2.05) is 0 Å². The first kappa shape index (κ1) is 53.1. The molecule has 0 saturated heterocycles. The van der Waals surface area contributed by atoms with Crippen molar-refractivity contribution >= 4 is 32.3 Å². The number of rotatable bonds is 8. The normalized spacial score (nSPS) is 15.4. The first-order valence-electron chi connectivity index (χ1n) is 31.9. The smallest absolute Gasteiger partial charge is 0.0619 e. The fraction of sp³-hybridized carbons (Fsp3) is 0.124. The van der Waals surface area contributed by atoms with Crippen LogP contribution in [0.25, 0.3) is 99.1 Å². The molecular formula is C89H68. The van der Waals surface area contributed by atoms with E-state index in [-0.39, 0.29) is 5.41 Å². The first-order chi connectivity index (χ1) is 43.4. The van der Waals surface area contributed by atoms with Gasteiger partial charge in [-0.2, -0.15) is 0 Å². The molecule has 0 amide bonds. The van der Waals surface area contributed by atoms with Crippen molar-refractivity contribution in [3.8, 4) is 66.8 Å². The highest BCUT2D eigenvalue weighted by Gasteiger charge is 2.49. The van der Waals surface area contributed by atoms with Gasteiger partial charge in [-0.05, 0) is 219 Å². The monoisotopic (exact) mass is 1140 g/mol. The number of hydrogen-bond donors (Lipinski definition) is 0. The maximum atomic E-state index is 2.52. The Labute approximate surface area is 523 Å². The third kappa shape index (κ3) is 7.53. The van der Waals surface area contributed by atoms with E-state index >= 15 is 0 Å². The zero-order valence-electron chi connectivity index (χ0n) is 51.7. The summed E-state index contributed by atoms with van der Waals surface area (Å²) in [5, 5.41) is 7.81. The molecule has 14 aromatic rings. The molecule has 424 valence electrons. The largest absolute Gasteiger partial charge is 0.0713 e. The molecule has 3 aliphatic carbocycles. The highest BCUT2D eigenvalue weighted by atomic mass is 14.5. The lowest BCUT2D eigenvalue weighted by molar-refractivity contribution is 0.658. The fourth-order valence-corrected chi connectivity index (χ4v) is 17.2. The summed E-state index contributed by atoms with van der Waals surface area (Å²) in [5.74, 6) is 0. The summed E-state index contributed by atoms with van der Waals surface area (Å²) >= 11 is 0. The molecular weight excluding hydrogens is 1070 g/mol. The van der Waals surface area contributed by atoms with Crippen LogP contribution in [0.2, 0.25) is 0 Å². The molecule has 0 fully saturated rings. The van der Waals surface area contributed by atoms with Gasteiger partial charge in [0.15, 0.2) is 0 Å². The van der Waals surface area contributed by atoms with E-state index in [1.165, 1.54) is 183 Å². The van der Waals surface area contributed by atoms with Gasteiger partial charge < -0.3 is 0 Å². The van der Waals surface area contributed by atoms with Crippen LogP contribution in [0.4, 0.5) is 0 Å². The molecule has 14 aromatic carbocycles. The van der Waals surface area contributed by atoms with Crippen molar-refractivity contribution in [2.75, 3.05) is 0 Å². The SMILES string of the molecule is Cc1ccc(C2(c3ccc(C)cc3)c3ccccc3-c3c(-c4ccc(C)c5c(Cc6ccc(-c7cccc8c7C(C)(C)c7cccc(C9(C)c%10ccccc%10-c%10ccc(-c%11ccc(C)c%12ccccc%11%12)cc%109)c7-8)c7ccccc67)cccc45)cccc32)cc1. The predicted molar refractivity (Wildman–Crippen MR) is 376 cm³/mol. The van der Waals surface area contributed by atoms with E-state index in [9.17, 15) is 0 Å². The van der Waals surface area contributed by atoms with E-state index in [1.54, 1.807) is 0 Å². The average molecular weight is 1140 g/mol. The van der Waals surface area contributed by atoms with Crippen LogP contribution in [0.1, 0.15) is 104 Å². The summed E-state index contributed by atoms with van der Waals surface area (Å²) in [5.41, 5.74) is 34.4. The molecule has 1 unspecified atom stereocenters. The van der Waals surface area contributed by atoms with E-state index in [0.717, 1.165) is 6.42 Å². The van der Waals surface area contributed by atoms with Crippen molar-refractivity contribution < 1.29 is 0 Å². The standard InChI is InChI=1S/C89H68/c1-54-36-44-61(45-37-54)89(62-46-38-55(2)39-47-62)78-32-15-13-26-75(78)84-73(28-18-35-81(84)89)69-49-41-57(4)83-60(20-16-27-72(69)83)52-58-42-50-68(67-24-11-9-22-64(58)67)74-29-17-30-76-85-79(87(5,6)86(74)76)33-19-34-80(85)88(7)77-31-14-12-25-70(77)71-51-43-59(53-82(71)88)65-48-40-56(3)63-21-8-10-23-66(63)65/h8-51,53H,52H2,1-7H3. The highest BCUT2D eigenvalue weighted by Crippen LogP contribution is 2.62. The van der Waals surface area contributed by atoms with Crippen molar-refractivity contribution in [1.29, 1.82) is 0 Å². The second kappa shape index (κ2) is 19.7. The summed E-state index contributed by atoms with van der Waals surface area (Å²) in [6.45, 7) is 16.3. The van der Waals surface area contributed by atoms with Crippen LogP contribution in [-0.2, 0) is 22.7 Å². The fourth-order valence-electron chi connectivity index (χ4n) is 17.2. The third-order valence-electron chi connectivity index (χ3n) is 21.4. The van der Waals surface area contributed by atoms with Crippen molar-refractivity contribution in [2.45, 2.75) is 71.1 Å². The molecule has 0 heteroatoms. The average Bonchev–Trinajstić information content (AvgIpc) is 1.58. The minimum Gasteiger partial charge on any atom is -0.0619 e. The minimum atomic E-state index is -0.484. The lowest BCUT2D eigenvalue weighted by atomic mass is 9.67. The Morgan fingerprint density at radius 3 is 1.55 bits per heavy atom. The van der Waals surface area contributed by atoms with Crippen LogP contribution in [0.3, 0.4) is 0 Å². The van der Waals surface area contributed by atoms with Crippen LogP contribution in [0.5, 0.6) is 0 Å². The zero-order chi connectivity index (χ0) is 60.1. The Hall–Kier alpha value is -10.1. The number of hydrogen-bond acceptors (Lipinski definition) is 0. The highest BCUT2D eigenvalue weighted by molar-refractivity contribution is 6.08. The van der Waals surface area contributed by atoms with Gasteiger partial charge in [-0.15, -0.1) is 0 Å². The van der Waals surface area contributed by atoms with Crippen LogP contribution < -0.4 is 0 Å². The molecule has 0 N–H and O–H groups in total. The van der Waals surface area contributed by atoms with E-state index in [4.69, 9.17) is 0 Å². The molecule has 89 heavy (non-hydrogen) atoms. The summed E-state index contributed by atoms with van der Waals surface area (Å²) in [6.07, 6.45) is 0.804. The Balaban J connectivity index is 0.782. The molecule has 3 aliphatic rings. The molecule has 0 saturated carbocycles. The maximum Gasteiger partial charge on any atom is 0.0713 e. The predicted octanol–water partition coefficient (Wildman–Crippen LogP) is 23.0. The van der Waals surface area contributed by atoms with Gasteiger partial charge in [0, 0.05) is 10.8 Å². The van der Waals surface area contributed by atoms with Gasteiger partial charge in [0.2, 0.25) is 0 Å². The summed E-state index contributed by atoms with van der Waals surface area (Å²) in [7, 11) is 0. The van der Waals surface area contributed by atoms with Crippen molar-refractivity contribution in [3.05, 3.63) is 356 Å². The zero-order valence-corrected chi connectivity index (χ0v) is 51.7. The second-order valence-corrected chi connectivity index (χ2v) is 26.5. The Morgan fingerprint density at radius 2 is 0.787 bits per heavy atom. The molecule has 17 rings (SSSR count). The van der Waals surface area contributed by atoms with Crippen molar-refractivity contribution in [1.82, 2.24) is 0 Å². The summed E-state index contributed by atoms with van der Waals surface area (Å²) in [4.78, 5) is 0. The van der Waals surface area contributed by atoms with Crippen LogP contribution in [-0.4, -0.2) is 0 Å². The Morgan fingerprint density at radius 1 is 0.281 bits per heavy atom. The van der Waals surface area contributed by atoms with E-state index in [0.29, 0.717) is 0 Å². The Kier molecular flexibility index (Phi) is 11.8. The Bertz CT molecular complexity index is 5250. The van der Waals surface area contributed by atoms with Gasteiger partial charge in [0.25, 0.3) is 0 Å². The van der Waals surface area contributed by atoms with Gasteiger partial charge >= 0.3 is 0 Å². The number of fused-ring (bicyclic) bond motifs is 12. The molecule has 0 nitrogen and oxygen atoms in total. The third-order valence-corrected chi connectivity index (χ3v) is 21.4. The van der Waals surface area contributed by atoms with Crippen molar-refractivity contribution in [3.63, 3.8) is 0 Å². The molecule has 0 aliphatic heterocycles. The topological polar surface area (TPSA) is 0 Å². The molecule has 0 bridgehead atoms. The molecule has 0 aromatic heterocycles. The maximum absolute atomic E-state index is 2.52. The lowest BCUT2D eigenvalue weighted by Crippen LogP contribution is -2.28. The van der Waals surface area contributed by atoms with Gasteiger partial charge in [0.05, 0.1) is 5.41 Å². The van der Waals surface area contributed by atoms with Gasteiger partial charge in [0.1, 0.15) is 0 Å². The summed E-state index contributed by atoms with van der Waals surface area (Å²) in [6, 6.07) is 105. The van der Waals surface area contributed by atoms with Gasteiger partial charge in [-0.1, -0.05) is 292 Å². The van der Waals surface area contributed by atoms with Gasteiger partial charge in [-0.25, -0.2) is 0 Å². The minimum absolute atomic E-state index is 0.279. The quantitative estimate of drug-likeness (QED) is 0.142. The van der Waals surface area contributed by atoms with Crippen LogP contribution in [0.15, 0.2) is 273 Å². The lowest BCUT2D eigenvalue weighted by Gasteiger charge is -2.34. The molecule has 1 atom stereocenters. The number of benzene rings is 14. The molecule has 0 heterocycles. The van der Waals surface area contributed by atoms with Crippen molar-refractivity contribution in [2.24, 2.45) is 0 Å². The second-order valence-electron chi connectivity index (χ2n) is 26.5. The van der Waals surface area contributed by atoms with E-state index in [2.05, 4.69) is 321 Å². The first-order valence-corrected chi connectivity index (χ1v) is 31.9. The summed E-state index contributed by atoms with van der Waals surface area (Å²) < 4.78 is 0. The van der Waals surface area contributed by atoms with E-state index < -0.39 is 10.8 Å². The van der Waals surface area contributed by atoms with Crippen LogP contribution in [0, 0.1) is 27.7 Å². The van der Waals surface area contributed by atoms with Gasteiger partial charge in [-0.3, -0.25) is 0 Å². The number of aryl methyl sites for hydroxylation is 4.